The second kappa shape index (κ2) is 4.72. The zero-order valence-corrected chi connectivity index (χ0v) is 7.97. The highest BCUT2D eigenvalue weighted by Crippen LogP contribution is 2.17. The Morgan fingerprint density at radius 1 is 1.54 bits per heavy atom. The van der Waals surface area contributed by atoms with Crippen LogP contribution in [-0.2, 0) is 0 Å². The minimum Gasteiger partial charge on any atom is -0.493 e. The van der Waals surface area contributed by atoms with Crippen molar-refractivity contribution in [1.29, 1.82) is 0 Å². The van der Waals surface area contributed by atoms with Crippen molar-refractivity contribution in [2.24, 2.45) is 0 Å². The minimum absolute atomic E-state index is 0.356. The van der Waals surface area contributed by atoms with Crippen LogP contribution in [0.1, 0.15) is 17.3 Å². The summed E-state index contributed by atoms with van der Waals surface area (Å²) in [6.07, 6.45) is 0. The van der Waals surface area contributed by atoms with Gasteiger partial charge in [-0.3, -0.25) is 9.63 Å². The summed E-state index contributed by atoms with van der Waals surface area (Å²) in [5.41, 5.74) is 0.444. The number of halogens is 1. The molecule has 1 N–H and O–H groups in total. The Morgan fingerprint density at radius 2 is 2.23 bits per heavy atom. The number of ether oxygens (including phenoxy) is 1. The average molecular weight is 200 g/mol. The summed E-state index contributed by atoms with van der Waals surface area (Å²) in [6.45, 7) is 2.38. The molecule has 1 amide bonds. The van der Waals surface area contributed by atoms with E-state index < -0.39 is 0 Å². The van der Waals surface area contributed by atoms with Crippen LogP contribution in [0.2, 0.25) is 0 Å². The Morgan fingerprint density at radius 3 is 2.85 bits per heavy atom. The van der Waals surface area contributed by atoms with Gasteiger partial charge in [-0.1, -0.05) is 12.1 Å². The third-order valence-electron chi connectivity index (χ3n) is 1.52. The van der Waals surface area contributed by atoms with Gasteiger partial charge in [0.05, 0.1) is 12.2 Å². The molecular weight excluding hydrogens is 190 g/mol. The Hall–Kier alpha value is -1.22. The SMILES string of the molecule is CCOc1ccccc1C(=O)NCl. The van der Waals surface area contributed by atoms with Gasteiger partial charge in [-0.25, -0.2) is 0 Å². The van der Waals surface area contributed by atoms with Gasteiger partial charge in [0.2, 0.25) is 0 Å². The van der Waals surface area contributed by atoms with E-state index in [2.05, 4.69) is 0 Å². The summed E-state index contributed by atoms with van der Waals surface area (Å²) in [7, 11) is 0. The molecule has 0 bridgehead atoms. The maximum Gasteiger partial charge on any atom is 0.269 e. The lowest BCUT2D eigenvalue weighted by molar-refractivity contribution is 0.0978. The molecule has 0 aromatic heterocycles. The third kappa shape index (κ3) is 2.36. The summed E-state index contributed by atoms with van der Waals surface area (Å²) < 4.78 is 5.24. The van der Waals surface area contributed by atoms with Gasteiger partial charge in [0.25, 0.3) is 5.91 Å². The molecule has 70 valence electrons. The fourth-order valence-corrected chi connectivity index (χ4v) is 1.09. The zero-order valence-electron chi connectivity index (χ0n) is 7.21. The number of benzene rings is 1. The van der Waals surface area contributed by atoms with Crippen LogP contribution >= 0.6 is 11.8 Å². The fourth-order valence-electron chi connectivity index (χ4n) is 0.986. The van der Waals surface area contributed by atoms with Gasteiger partial charge in [0, 0.05) is 11.8 Å². The molecule has 0 saturated carbocycles. The largest absolute Gasteiger partial charge is 0.493 e. The molecule has 0 atom stereocenters. The molecule has 1 aromatic rings. The lowest BCUT2D eigenvalue weighted by Crippen LogP contribution is -2.13. The molecule has 0 aliphatic carbocycles. The number of para-hydroxylation sites is 1. The van der Waals surface area contributed by atoms with Crippen molar-refractivity contribution in [3.63, 3.8) is 0 Å². The van der Waals surface area contributed by atoms with Crippen molar-refractivity contribution < 1.29 is 9.53 Å². The van der Waals surface area contributed by atoms with Crippen molar-refractivity contribution in [1.82, 2.24) is 4.84 Å². The van der Waals surface area contributed by atoms with Crippen LogP contribution in [-0.4, -0.2) is 12.5 Å². The number of carbonyl (C=O) groups excluding carboxylic acids is 1. The normalized spacial score (nSPS) is 9.38. The van der Waals surface area contributed by atoms with Gasteiger partial charge < -0.3 is 4.74 Å². The average Bonchev–Trinajstić information content (AvgIpc) is 2.18. The number of nitrogens with one attached hydrogen (secondary N) is 1. The van der Waals surface area contributed by atoms with Crippen LogP contribution in [0.25, 0.3) is 0 Å². The Balaban J connectivity index is 2.97. The van der Waals surface area contributed by atoms with Gasteiger partial charge in [0.15, 0.2) is 0 Å². The van der Waals surface area contributed by atoms with E-state index in [9.17, 15) is 4.79 Å². The highest BCUT2D eigenvalue weighted by molar-refractivity contribution is 6.24. The van der Waals surface area contributed by atoms with Crippen LogP contribution in [0.5, 0.6) is 5.75 Å². The molecule has 4 heteroatoms. The summed E-state index contributed by atoms with van der Waals surface area (Å²) in [5.74, 6) is 0.189. The number of hydrogen-bond donors (Lipinski definition) is 1. The first kappa shape index (κ1) is 9.86. The smallest absolute Gasteiger partial charge is 0.269 e. The highest BCUT2D eigenvalue weighted by atomic mass is 35.5. The summed E-state index contributed by atoms with van der Waals surface area (Å²) >= 11 is 5.20. The van der Waals surface area contributed by atoms with E-state index in [0.717, 1.165) is 0 Å². The highest BCUT2D eigenvalue weighted by Gasteiger charge is 2.09. The molecule has 0 heterocycles. The molecule has 0 spiro atoms. The van der Waals surface area contributed by atoms with Gasteiger partial charge >= 0.3 is 0 Å². The van der Waals surface area contributed by atoms with E-state index >= 15 is 0 Å². The van der Waals surface area contributed by atoms with Crippen molar-refractivity contribution in [3.05, 3.63) is 29.8 Å². The molecule has 0 saturated heterocycles. The first-order valence-electron chi connectivity index (χ1n) is 3.92. The standard InChI is InChI=1S/C9H10ClNO2/c1-2-13-8-6-4-3-5-7(8)9(12)11-10/h3-6H,2H2,1H3,(H,11,12). The Bertz CT molecular complexity index is 301. The van der Waals surface area contributed by atoms with Crippen molar-refractivity contribution in [2.75, 3.05) is 6.61 Å². The van der Waals surface area contributed by atoms with Gasteiger partial charge in [-0.15, -0.1) is 0 Å². The predicted octanol–water partition coefficient (Wildman–Crippen LogP) is 1.97. The van der Waals surface area contributed by atoms with Crippen LogP contribution in [0.4, 0.5) is 0 Å². The second-order valence-electron chi connectivity index (χ2n) is 2.35. The molecule has 0 unspecified atom stereocenters. The number of rotatable bonds is 3. The van der Waals surface area contributed by atoms with E-state index in [1.807, 2.05) is 11.8 Å². The van der Waals surface area contributed by atoms with E-state index in [0.29, 0.717) is 17.9 Å². The van der Waals surface area contributed by atoms with E-state index in [1.165, 1.54) is 0 Å². The lowest BCUT2D eigenvalue weighted by atomic mass is 10.2. The van der Waals surface area contributed by atoms with Gasteiger partial charge in [-0.05, 0) is 19.1 Å². The predicted molar refractivity (Wildman–Crippen MR) is 50.9 cm³/mol. The van der Waals surface area contributed by atoms with E-state index in [4.69, 9.17) is 16.5 Å². The van der Waals surface area contributed by atoms with Crippen LogP contribution in [0, 0.1) is 0 Å². The quantitative estimate of drug-likeness (QED) is 0.756. The number of carbonyl (C=O) groups is 1. The first-order chi connectivity index (χ1) is 6.29. The van der Waals surface area contributed by atoms with Crippen molar-refractivity contribution >= 4 is 17.7 Å². The molecule has 3 nitrogen and oxygen atoms in total. The first-order valence-corrected chi connectivity index (χ1v) is 4.30. The summed E-state index contributed by atoms with van der Waals surface area (Å²) in [4.78, 5) is 13.2. The minimum atomic E-state index is -0.356. The number of amides is 1. The molecular formula is C9H10ClNO2. The maximum absolute atomic E-state index is 11.2. The molecule has 1 aromatic carbocycles. The topological polar surface area (TPSA) is 38.3 Å². The summed E-state index contributed by atoms with van der Waals surface area (Å²) in [5, 5.41) is 0. The Kier molecular flexibility index (Phi) is 3.58. The molecule has 0 fully saturated rings. The van der Waals surface area contributed by atoms with E-state index in [1.54, 1.807) is 24.3 Å². The van der Waals surface area contributed by atoms with Crippen LogP contribution in [0.3, 0.4) is 0 Å². The lowest BCUT2D eigenvalue weighted by Gasteiger charge is -2.07. The molecule has 0 radical (unpaired) electrons. The maximum atomic E-state index is 11.2. The van der Waals surface area contributed by atoms with Gasteiger partial charge in [-0.2, -0.15) is 0 Å². The Labute approximate surface area is 81.8 Å². The molecule has 13 heavy (non-hydrogen) atoms. The fraction of sp³-hybridized carbons (Fsp3) is 0.222. The molecule has 0 aliphatic rings. The summed E-state index contributed by atoms with van der Waals surface area (Å²) in [6, 6.07) is 6.94. The number of hydrogen-bond acceptors (Lipinski definition) is 2. The second-order valence-corrected chi connectivity index (χ2v) is 2.54. The monoisotopic (exact) mass is 199 g/mol. The molecule has 1 rings (SSSR count). The van der Waals surface area contributed by atoms with E-state index in [-0.39, 0.29) is 5.91 Å². The third-order valence-corrected chi connectivity index (χ3v) is 1.69. The van der Waals surface area contributed by atoms with Crippen molar-refractivity contribution in [2.45, 2.75) is 6.92 Å². The molecule has 0 aliphatic heterocycles. The van der Waals surface area contributed by atoms with Crippen LogP contribution < -0.4 is 9.57 Å². The van der Waals surface area contributed by atoms with Gasteiger partial charge in [0.1, 0.15) is 5.75 Å². The van der Waals surface area contributed by atoms with Crippen molar-refractivity contribution in [3.8, 4) is 5.75 Å². The van der Waals surface area contributed by atoms with Crippen LogP contribution in [0.15, 0.2) is 24.3 Å². The zero-order chi connectivity index (χ0) is 9.68.